The van der Waals surface area contributed by atoms with Crippen molar-refractivity contribution in [3.8, 4) is 0 Å². The minimum absolute atomic E-state index is 0.219. The van der Waals surface area contributed by atoms with Gasteiger partial charge in [0.2, 0.25) is 0 Å². The number of hydrogen-bond donors (Lipinski definition) is 0. The summed E-state index contributed by atoms with van der Waals surface area (Å²) in [7, 11) is 0. The molecule has 2 aromatic rings. The molecule has 0 saturated heterocycles. The second kappa shape index (κ2) is 4.02. The highest BCUT2D eigenvalue weighted by molar-refractivity contribution is 5.05. The maximum Gasteiger partial charge on any atom is 0.256 e. The van der Waals surface area contributed by atoms with E-state index in [0.29, 0.717) is 5.82 Å². The fourth-order valence-electron chi connectivity index (χ4n) is 1.40. The predicted molar refractivity (Wildman–Crippen MR) is 61.1 cm³/mol. The second-order valence-corrected chi connectivity index (χ2v) is 3.23. The Morgan fingerprint density at radius 2 is 1.31 bits per heavy atom. The van der Waals surface area contributed by atoms with E-state index >= 15 is 0 Å². The predicted octanol–water partition coefficient (Wildman–Crippen LogP) is 0.804. The molecule has 4 nitrogen and oxygen atoms in total. The number of aromatic nitrogens is 2. The van der Waals surface area contributed by atoms with E-state index in [4.69, 9.17) is 0 Å². The summed E-state index contributed by atoms with van der Waals surface area (Å²) in [5.74, 6) is 0.316. The lowest BCUT2D eigenvalue weighted by molar-refractivity contribution is 0.715. The Kier molecular flexibility index (Phi) is 2.55. The molecule has 2 rings (SSSR count). The van der Waals surface area contributed by atoms with Crippen LogP contribution < -0.4 is 11.1 Å². The van der Waals surface area contributed by atoms with Crippen molar-refractivity contribution >= 4 is 0 Å². The molecule has 0 aliphatic carbocycles. The molecule has 16 heavy (non-hydrogen) atoms. The molecule has 0 spiro atoms. The minimum atomic E-state index is -0.219. The van der Waals surface area contributed by atoms with Gasteiger partial charge >= 0.3 is 0 Å². The van der Waals surface area contributed by atoms with E-state index in [1.165, 1.54) is 21.3 Å². The quantitative estimate of drug-likeness (QED) is 0.742. The third-order valence-electron chi connectivity index (χ3n) is 2.20. The largest absolute Gasteiger partial charge is 0.270 e. The van der Waals surface area contributed by atoms with Crippen molar-refractivity contribution in [2.75, 3.05) is 0 Å². The van der Waals surface area contributed by atoms with Crippen molar-refractivity contribution in [3.63, 3.8) is 0 Å². The summed E-state index contributed by atoms with van der Waals surface area (Å²) in [5, 5.41) is 0. The van der Waals surface area contributed by atoms with Gasteiger partial charge in [-0.3, -0.25) is 18.7 Å². The first kappa shape index (κ1) is 10.2. The van der Waals surface area contributed by atoms with Crippen molar-refractivity contribution in [2.24, 2.45) is 0 Å². The second-order valence-electron chi connectivity index (χ2n) is 3.23. The smallest absolute Gasteiger partial charge is 0.256 e. The molecule has 2 heterocycles. The first-order chi connectivity index (χ1) is 7.70. The third kappa shape index (κ3) is 1.72. The van der Waals surface area contributed by atoms with Gasteiger partial charge in [0, 0.05) is 24.5 Å². The van der Waals surface area contributed by atoms with Crippen molar-refractivity contribution in [2.45, 2.75) is 0 Å². The first-order valence-corrected chi connectivity index (χ1v) is 4.75. The summed E-state index contributed by atoms with van der Waals surface area (Å²) >= 11 is 0. The summed E-state index contributed by atoms with van der Waals surface area (Å²) in [5.41, 5.74) is -0.438. The van der Waals surface area contributed by atoms with Gasteiger partial charge in [-0.05, 0) is 12.1 Å². The maximum absolute atomic E-state index is 11.5. The van der Waals surface area contributed by atoms with E-state index in [2.05, 4.69) is 6.58 Å². The summed E-state index contributed by atoms with van der Waals surface area (Å²) < 4.78 is 2.64. The standard InChI is InChI=1S/C12H10N2O2/c1-10(13-8-4-2-6-11(13)15)14-9-5-3-7-12(14)16/h2-9H,1H2. The maximum atomic E-state index is 11.5. The van der Waals surface area contributed by atoms with Gasteiger partial charge < -0.3 is 0 Å². The van der Waals surface area contributed by atoms with E-state index < -0.39 is 0 Å². The normalized spacial score (nSPS) is 10.0. The van der Waals surface area contributed by atoms with Crippen LogP contribution in [0, 0.1) is 5.82 Å². The van der Waals surface area contributed by atoms with Crippen molar-refractivity contribution in [3.05, 3.63) is 81.9 Å². The summed E-state index contributed by atoms with van der Waals surface area (Å²) in [6, 6.07) is 9.53. The molecule has 0 atom stereocenters. The molecular weight excluding hydrogens is 204 g/mol. The molecule has 0 saturated carbocycles. The highest BCUT2D eigenvalue weighted by atomic mass is 16.1. The summed E-state index contributed by atoms with van der Waals surface area (Å²) in [6.07, 6.45) is 3.15. The van der Waals surface area contributed by atoms with Crippen molar-refractivity contribution < 1.29 is 0 Å². The molecule has 0 aliphatic rings. The summed E-state index contributed by atoms with van der Waals surface area (Å²) in [4.78, 5) is 23.1. The van der Waals surface area contributed by atoms with Crippen LogP contribution in [-0.2, 0) is 0 Å². The van der Waals surface area contributed by atoms with Crippen LogP contribution in [0.4, 0.5) is 0 Å². The molecule has 0 radical (unpaired) electrons. The van der Waals surface area contributed by atoms with Gasteiger partial charge in [0.15, 0.2) is 0 Å². The van der Waals surface area contributed by atoms with Crippen LogP contribution in [0.1, 0.15) is 0 Å². The van der Waals surface area contributed by atoms with Crippen molar-refractivity contribution in [1.82, 2.24) is 9.13 Å². The zero-order valence-corrected chi connectivity index (χ0v) is 8.54. The molecule has 0 aliphatic heterocycles. The Labute approximate surface area is 91.7 Å². The Balaban J connectivity index is 2.57. The number of hydrogen-bond acceptors (Lipinski definition) is 2. The lowest BCUT2D eigenvalue weighted by atomic mass is 10.4. The Morgan fingerprint density at radius 3 is 1.69 bits per heavy atom. The van der Waals surface area contributed by atoms with Gasteiger partial charge in [-0.15, -0.1) is 0 Å². The molecule has 2 aromatic heterocycles. The Bertz CT molecular complexity index is 582. The number of nitrogens with zero attached hydrogens (tertiary/aromatic N) is 2. The van der Waals surface area contributed by atoms with E-state index in [1.807, 2.05) is 0 Å². The minimum Gasteiger partial charge on any atom is -0.270 e. The SMILES string of the molecule is C=C(n1ccccc1=O)n1ccccc1=O. The van der Waals surface area contributed by atoms with Gasteiger partial charge in [-0.25, -0.2) is 0 Å². The van der Waals surface area contributed by atoms with Gasteiger partial charge in [-0.2, -0.15) is 0 Å². The fraction of sp³-hybridized carbons (Fsp3) is 0. The molecule has 4 heteroatoms. The molecule has 0 unspecified atom stereocenters. The van der Waals surface area contributed by atoms with Gasteiger partial charge in [-0.1, -0.05) is 18.7 Å². The number of rotatable bonds is 2. The van der Waals surface area contributed by atoms with E-state index in [1.54, 1.807) is 36.7 Å². The highest BCUT2D eigenvalue weighted by Crippen LogP contribution is 1.93. The Hall–Kier alpha value is -2.36. The van der Waals surface area contributed by atoms with Crippen molar-refractivity contribution in [1.29, 1.82) is 0 Å². The molecule has 0 bridgehead atoms. The van der Waals surface area contributed by atoms with E-state index in [-0.39, 0.29) is 11.1 Å². The molecule has 0 N–H and O–H groups in total. The highest BCUT2D eigenvalue weighted by Gasteiger charge is 2.02. The van der Waals surface area contributed by atoms with E-state index in [0.717, 1.165) is 0 Å². The van der Waals surface area contributed by atoms with E-state index in [9.17, 15) is 9.59 Å². The summed E-state index contributed by atoms with van der Waals surface area (Å²) in [6.45, 7) is 3.74. The monoisotopic (exact) mass is 214 g/mol. The molecular formula is C12H10N2O2. The van der Waals surface area contributed by atoms with Crippen LogP contribution in [0.25, 0.3) is 0 Å². The zero-order valence-electron chi connectivity index (χ0n) is 8.54. The average molecular weight is 214 g/mol. The Morgan fingerprint density at radius 1 is 0.875 bits per heavy atom. The molecule has 80 valence electrons. The van der Waals surface area contributed by atoms with Crippen LogP contribution in [-0.4, -0.2) is 9.13 Å². The van der Waals surface area contributed by atoms with Crippen LogP contribution in [0.3, 0.4) is 0 Å². The van der Waals surface area contributed by atoms with Gasteiger partial charge in [0.1, 0.15) is 5.82 Å². The molecule has 0 amide bonds. The average Bonchev–Trinajstić information content (AvgIpc) is 2.29. The number of pyridine rings is 2. The van der Waals surface area contributed by atoms with Crippen LogP contribution in [0.5, 0.6) is 0 Å². The lowest BCUT2D eigenvalue weighted by Crippen LogP contribution is -2.29. The third-order valence-corrected chi connectivity index (χ3v) is 2.20. The fourth-order valence-corrected chi connectivity index (χ4v) is 1.40. The topological polar surface area (TPSA) is 44.0 Å². The van der Waals surface area contributed by atoms with Gasteiger partial charge in [0.25, 0.3) is 11.1 Å². The zero-order chi connectivity index (χ0) is 11.5. The lowest BCUT2D eigenvalue weighted by Gasteiger charge is -2.10. The van der Waals surface area contributed by atoms with Crippen LogP contribution >= 0.6 is 0 Å². The molecule has 0 aromatic carbocycles. The van der Waals surface area contributed by atoms with Crippen LogP contribution in [0.2, 0.25) is 0 Å². The first-order valence-electron chi connectivity index (χ1n) is 4.75. The van der Waals surface area contributed by atoms with Crippen LogP contribution in [0.15, 0.2) is 65.0 Å². The molecule has 0 fully saturated rings. The van der Waals surface area contributed by atoms with Gasteiger partial charge in [0.05, 0.1) is 0 Å².